The molecule has 2 aromatic rings. The van der Waals surface area contributed by atoms with E-state index in [2.05, 4.69) is 31.1 Å². The molecule has 1 aromatic carbocycles. The molecule has 0 aliphatic heterocycles. The van der Waals surface area contributed by atoms with Crippen molar-refractivity contribution in [3.05, 3.63) is 53.6 Å². The lowest BCUT2D eigenvalue weighted by Crippen LogP contribution is -2.43. The van der Waals surface area contributed by atoms with Crippen molar-refractivity contribution >= 4 is 0 Å². The molecule has 1 N–H and O–H groups in total. The highest BCUT2D eigenvalue weighted by atomic mass is 19.1. The van der Waals surface area contributed by atoms with Gasteiger partial charge in [0.1, 0.15) is 11.6 Å². The largest absolute Gasteiger partial charge is 0.336 e. The zero-order valence-corrected chi connectivity index (χ0v) is 13.5. The van der Waals surface area contributed by atoms with Crippen molar-refractivity contribution in [2.75, 3.05) is 0 Å². The monoisotopic (exact) mass is 307 g/mol. The third kappa shape index (κ3) is 3.91. The number of nitrogens with zero attached hydrogens (tertiary/aromatic N) is 2. The summed E-state index contributed by atoms with van der Waals surface area (Å²) in [6.07, 6.45) is 5.35. The Morgan fingerprint density at radius 1 is 1.27 bits per heavy atom. The molecule has 0 amide bonds. The molecule has 1 unspecified atom stereocenters. The lowest BCUT2D eigenvalue weighted by Gasteiger charge is -2.32. The molecule has 3 nitrogen and oxygen atoms in total. The van der Waals surface area contributed by atoms with Crippen LogP contribution in [0.25, 0.3) is 0 Å². The van der Waals surface area contributed by atoms with Gasteiger partial charge in [-0.25, -0.2) is 13.8 Å². The first-order chi connectivity index (χ1) is 10.3. The second-order valence-corrected chi connectivity index (χ2v) is 6.72. The molecule has 1 heterocycles. The third-order valence-corrected chi connectivity index (χ3v) is 3.90. The van der Waals surface area contributed by atoms with Crippen LogP contribution in [-0.4, -0.2) is 15.6 Å². The molecule has 1 aromatic heterocycles. The van der Waals surface area contributed by atoms with Gasteiger partial charge < -0.3 is 9.88 Å². The van der Waals surface area contributed by atoms with Gasteiger partial charge in [-0.1, -0.05) is 26.8 Å². The van der Waals surface area contributed by atoms with E-state index in [1.807, 2.05) is 10.8 Å². The molecule has 0 aliphatic carbocycles. The number of benzene rings is 1. The fourth-order valence-corrected chi connectivity index (χ4v) is 2.35. The average molecular weight is 307 g/mol. The summed E-state index contributed by atoms with van der Waals surface area (Å²) in [5, 5.41) is 3.29. The molecule has 0 bridgehead atoms. The van der Waals surface area contributed by atoms with Crippen LogP contribution in [0.2, 0.25) is 0 Å². The van der Waals surface area contributed by atoms with E-state index in [0.29, 0.717) is 12.1 Å². The highest BCUT2D eigenvalue weighted by Crippen LogP contribution is 2.22. The second-order valence-electron chi connectivity index (χ2n) is 6.72. The van der Waals surface area contributed by atoms with Crippen LogP contribution in [0.5, 0.6) is 0 Å². The second kappa shape index (κ2) is 6.57. The smallest absolute Gasteiger partial charge is 0.133 e. The summed E-state index contributed by atoms with van der Waals surface area (Å²) in [5.74, 6) is -0.978. The summed E-state index contributed by atoms with van der Waals surface area (Å²) < 4.78 is 29.9. The van der Waals surface area contributed by atoms with Crippen LogP contribution >= 0.6 is 0 Å². The fourth-order valence-electron chi connectivity index (χ4n) is 2.35. The summed E-state index contributed by atoms with van der Waals surface area (Å²) >= 11 is 0. The molecular weight excluding hydrogens is 284 g/mol. The van der Waals surface area contributed by atoms with E-state index in [9.17, 15) is 8.78 Å². The van der Waals surface area contributed by atoms with Gasteiger partial charge in [-0.05, 0) is 24.0 Å². The van der Waals surface area contributed by atoms with Gasteiger partial charge in [-0.3, -0.25) is 0 Å². The standard InChI is InChI=1S/C17H23F2N3/c1-12-5-6-14(18)13(16(12)19)9-21-15(17(2,3)4)10-22-8-7-20-11-22/h5-8,11,15,21H,9-10H2,1-4H3. The Hall–Kier alpha value is -1.75. The van der Waals surface area contributed by atoms with Crippen molar-refractivity contribution in [2.24, 2.45) is 5.41 Å². The van der Waals surface area contributed by atoms with Gasteiger partial charge in [0.2, 0.25) is 0 Å². The third-order valence-electron chi connectivity index (χ3n) is 3.90. The average Bonchev–Trinajstić information content (AvgIpc) is 2.93. The lowest BCUT2D eigenvalue weighted by atomic mass is 9.86. The van der Waals surface area contributed by atoms with E-state index in [1.54, 1.807) is 19.4 Å². The summed E-state index contributed by atoms with van der Waals surface area (Å²) in [6, 6.07) is 2.83. The maximum atomic E-state index is 14.1. The maximum Gasteiger partial charge on any atom is 0.133 e. The molecule has 2 rings (SSSR count). The van der Waals surface area contributed by atoms with Gasteiger partial charge in [0.15, 0.2) is 0 Å². The number of hydrogen-bond acceptors (Lipinski definition) is 2. The molecule has 0 saturated carbocycles. The van der Waals surface area contributed by atoms with E-state index in [4.69, 9.17) is 0 Å². The first-order valence-corrected chi connectivity index (χ1v) is 7.41. The molecule has 5 heteroatoms. The predicted molar refractivity (Wildman–Crippen MR) is 83.4 cm³/mol. The van der Waals surface area contributed by atoms with Crippen LogP contribution < -0.4 is 5.32 Å². The zero-order valence-electron chi connectivity index (χ0n) is 13.5. The minimum absolute atomic E-state index is 0.0545. The van der Waals surface area contributed by atoms with Gasteiger partial charge in [0.05, 0.1) is 6.33 Å². The van der Waals surface area contributed by atoms with Crippen molar-refractivity contribution in [1.29, 1.82) is 0 Å². The van der Waals surface area contributed by atoms with Crippen molar-refractivity contribution in [3.8, 4) is 0 Å². The van der Waals surface area contributed by atoms with Crippen LogP contribution in [-0.2, 0) is 13.1 Å². The van der Waals surface area contributed by atoms with E-state index >= 15 is 0 Å². The molecule has 0 saturated heterocycles. The zero-order chi connectivity index (χ0) is 16.3. The van der Waals surface area contributed by atoms with E-state index in [1.165, 1.54) is 12.1 Å². The molecule has 0 fully saturated rings. The van der Waals surface area contributed by atoms with Gasteiger partial charge in [-0.15, -0.1) is 0 Å². The Bertz CT molecular complexity index is 616. The maximum absolute atomic E-state index is 14.1. The number of hydrogen-bond donors (Lipinski definition) is 1. The first kappa shape index (κ1) is 16.6. The van der Waals surface area contributed by atoms with Crippen molar-refractivity contribution in [3.63, 3.8) is 0 Å². The van der Waals surface area contributed by atoms with Crippen molar-refractivity contribution in [1.82, 2.24) is 14.9 Å². The van der Waals surface area contributed by atoms with Crippen LogP contribution in [0, 0.1) is 24.0 Å². The number of imidazole rings is 1. The summed E-state index contributed by atoms with van der Waals surface area (Å²) in [6.45, 7) is 8.80. The molecule has 120 valence electrons. The molecule has 1 atom stereocenters. The SMILES string of the molecule is Cc1ccc(F)c(CNC(Cn2ccnc2)C(C)(C)C)c1F. The lowest BCUT2D eigenvalue weighted by molar-refractivity contribution is 0.238. The molecule has 0 spiro atoms. The fraction of sp³-hybridized carbons (Fsp3) is 0.471. The van der Waals surface area contributed by atoms with Gasteiger partial charge >= 0.3 is 0 Å². The topological polar surface area (TPSA) is 29.9 Å². The Labute approximate surface area is 130 Å². The predicted octanol–water partition coefficient (Wildman–Crippen LogP) is 3.67. The quantitative estimate of drug-likeness (QED) is 0.913. The Morgan fingerprint density at radius 3 is 2.59 bits per heavy atom. The van der Waals surface area contributed by atoms with Crippen molar-refractivity contribution < 1.29 is 8.78 Å². The summed E-state index contributed by atoms with van der Waals surface area (Å²) in [4.78, 5) is 4.03. The highest BCUT2D eigenvalue weighted by molar-refractivity contribution is 5.26. The van der Waals surface area contributed by atoms with Crippen LogP contribution in [0.1, 0.15) is 31.9 Å². The van der Waals surface area contributed by atoms with Gasteiger partial charge in [0, 0.05) is 37.1 Å². The first-order valence-electron chi connectivity index (χ1n) is 7.41. The van der Waals surface area contributed by atoms with E-state index < -0.39 is 11.6 Å². The van der Waals surface area contributed by atoms with Crippen LogP contribution in [0.3, 0.4) is 0 Å². The number of aromatic nitrogens is 2. The Kier molecular flexibility index (Phi) is 4.96. The summed E-state index contributed by atoms with van der Waals surface area (Å²) in [5.41, 5.74) is 0.501. The Morgan fingerprint density at radius 2 is 2.00 bits per heavy atom. The molecular formula is C17H23F2N3. The van der Waals surface area contributed by atoms with E-state index in [-0.39, 0.29) is 23.6 Å². The Balaban J connectivity index is 2.14. The minimum atomic E-state index is -0.508. The minimum Gasteiger partial charge on any atom is -0.336 e. The number of rotatable bonds is 5. The van der Waals surface area contributed by atoms with Gasteiger partial charge in [-0.2, -0.15) is 0 Å². The van der Waals surface area contributed by atoms with Gasteiger partial charge in [0.25, 0.3) is 0 Å². The van der Waals surface area contributed by atoms with E-state index in [0.717, 1.165) is 0 Å². The number of aryl methyl sites for hydroxylation is 1. The van der Waals surface area contributed by atoms with Crippen molar-refractivity contribution in [2.45, 2.75) is 46.8 Å². The summed E-state index contributed by atoms with van der Waals surface area (Å²) in [7, 11) is 0. The normalized spacial score (nSPS) is 13.4. The molecule has 22 heavy (non-hydrogen) atoms. The van der Waals surface area contributed by atoms with Crippen LogP contribution in [0.15, 0.2) is 30.9 Å². The number of nitrogens with one attached hydrogen (secondary N) is 1. The number of halogens is 2. The molecule has 0 aliphatic rings. The highest BCUT2D eigenvalue weighted by Gasteiger charge is 2.25. The van der Waals surface area contributed by atoms with Crippen LogP contribution in [0.4, 0.5) is 8.78 Å². The molecule has 0 radical (unpaired) electrons.